The number of hydrogen-bond acceptors (Lipinski definition) is 3. The summed E-state index contributed by atoms with van der Waals surface area (Å²) in [6.07, 6.45) is 4.42. The van der Waals surface area contributed by atoms with Crippen molar-refractivity contribution < 1.29 is 0 Å². The van der Waals surface area contributed by atoms with Gasteiger partial charge in [0.15, 0.2) is 0 Å². The average Bonchev–Trinajstić information content (AvgIpc) is 2.05. The zero-order chi connectivity index (χ0) is 7.40. The third-order valence-corrected chi connectivity index (χ3v) is 1.31. The lowest BCUT2D eigenvalue weighted by atomic mass is 10.3. The lowest BCUT2D eigenvalue weighted by Crippen LogP contribution is -2.00. The molecule has 0 amide bonds. The number of nitrogens with zero attached hydrogens (tertiary/aromatic N) is 2. The first-order valence-corrected chi connectivity index (χ1v) is 3.36. The van der Waals surface area contributed by atoms with Gasteiger partial charge in [0.1, 0.15) is 5.82 Å². The zero-order valence-corrected chi connectivity index (χ0v) is 6.04. The normalized spacial score (nSPS) is 9.80. The van der Waals surface area contributed by atoms with Crippen molar-refractivity contribution in [3.05, 3.63) is 23.8 Å². The van der Waals surface area contributed by atoms with Gasteiger partial charge in [-0.2, -0.15) is 0 Å². The molecule has 1 heterocycles. The van der Waals surface area contributed by atoms with Crippen LogP contribution in [0, 0.1) is 0 Å². The molecule has 0 unspecified atom stereocenters. The van der Waals surface area contributed by atoms with Gasteiger partial charge in [0, 0.05) is 30.9 Å². The molecule has 2 N–H and O–H groups in total. The van der Waals surface area contributed by atoms with E-state index in [0.29, 0.717) is 6.54 Å². The number of hydrogen-bond donors (Lipinski definition) is 1. The summed E-state index contributed by atoms with van der Waals surface area (Å²) in [5, 5.41) is 0. The molecule has 0 aliphatic rings. The molecule has 10 heavy (non-hydrogen) atoms. The summed E-state index contributed by atoms with van der Waals surface area (Å²) in [6.45, 7) is 2.54. The molecule has 1 rings (SSSR count). The molecule has 0 fully saturated rings. The third-order valence-electron chi connectivity index (χ3n) is 1.31. The first-order chi connectivity index (χ1) is 4.86. The fourth-order valence-electron chi connectivity index (χ4n) is 0.669. The Kier molecular flexibility index (Phi) is 2.34. The van der Waals surface area contributed by atoms with Crippen LogP contribution in [0.2, 0.25) is 0 Å². The fraction of sp³-hybridized carbons (Fsp3) is 0.429. The third kappa shape index (κ3) is 1.51. The smallest absolute Gasteiger partial charge is 0.127 e. The molecule has 3 heteroatoms. The Morgan fingerprint density at radius 1 is 1.40 bits per heavy atom. The van der Waals surface area contributed by atoms with Gasteiger partial charge in [-0.15, -0.1) is 0 Å². The highest BCUT2D eigenvalue weighted by molar-refractivity contribution is 5.03. The first-order valence-electron chi connectivity index (χ1n) is 3.36. The van der Waals surface area contributed by atoms with Crippen LogP contribution in [0.3, 0.4) is 0 Å². The first kappa shape index (κ1) is 7.15. The van der Waals surface area contributed by atoms with Crippen LogP contribution in [0.15, 0.2) is 12.4 Å². The molecule has 0 radical (unpaired) electrons. The van der Waals surface area contributed by atoms with E-state index in [1.807, 2.05) is 6.92 Å². The molecule has 0 saturated heterocycles. The number of aromatic nitrogens is 2. The topological polar surface area (TPSA) is 51.8 Å². The van der Waals surface area contributed by atoms with E-state index in [4.69, 9.17) is 5.73 Å². The summed E-state index contributed by atoms with van der Waals surface area (Å²) in [6, 6.07) is 0. The van der Waals surface area contributed by atoms with Crippen molar-refractivity contribution in [2.75, 3.05) is 0 Å². The zero-order valence-electron chi connectivity index (χ0n) is 6.04. The van der Waals surface area contributed by atoms with E-state index >= 15 is 0 Å². The maximum Gasteiger partial charge on any atom is 0.127 e. The van der Waals surface area contributed by atoms with Crippen LogP contribution >= 0.6 is 0 Å². The van der Waals surface area contributed by atoms with Crippen molar-refractivity contribution in [2.45, 2.75) is 19.9 Å². The second-order valence-corrected chi connectivity index (χ2v) is 2.07. The predicted molar refractivity (Wildman–Crippen MR) is 39.3 cm³/mol. The molecule has 54 valence electrons. The summed E-state index contributed by atoms with van der Waals surface area (Å²) in [5.74, 6) is 0.872. The van der Waals surface area contributed by atoms with E-state index in [1.165, 1.54) is 0 Å². The van der Waals surface area contributed by atoms with E-state index in [2.05, 4.69) is 9.97 Å². The molecule has 0 saturated carbocycles. The van der Waals surface area contributed by atoms with E-state index in [-0.39, 0.29) is 0 Å². The van der Waals surface area contributed by atoms with Gasteiger partial charge in [0.25, 0.3) is 0 Å². The van der Waals surface area contributed by atoms with E-state index in [0.717, 1.165) is 17.8 Å². The van der Waals surface area contributed by atoms with Crippen molar-refractivity contribution in [3.8, 4) is 0 Å². The van der Waals surface area contributed by atoms with Crippen LogP contribution in [0.4, 0.5) is 0 Å². The quantitative estimate of drug-likeness (QED) is 0.645. The van der Waals surface area contributed by atoms with E-state index in [1.54, 1.807) is 12.4 Å². The van der Waals surface area contributed by atoms with Gasteiger partial charge in [0.2, 0.25) is 0 Å². The largest absolute Gasteiger partial charge is 0.326 e. The van der Waals surface area contributed by atoms with Crippen molar-refractivity contribution in [2.24, 2.45) is 5.73 Å². The lowest BCUT2D eigenvalue weighted by molar-refractivity contribution is 0.906. The molecule has 0 bridgehead atoms. The highest BCUT2D eigenvalue weighted by atomic mass is 14.9. The monoisotopic (exact) mass is 137 g/mol. The number of nitrogens with two attached hydrogens (primary N) is 1. The minimum Gasteiger partial charge on any atom is -0.326 e. The Hall–Kier alpha value is -0.960. The summed E-state index contributed by atoms with van der Waals surface area (Å²) >= 11 is 0. The molecule has 0 atom stereocenters. The van der Waals surface area contributed by atoms with Gasteiger partial charge in [-0.1, -0.05) is 6.92 Å². The van der Waals surface area contributed by atoms with E-state index in [9.17, 15) is 0 Å². The maximum absolute atomic E-state index is 5.36. The summed E-state index contributed by atoms with van der Waals surface area (Å²) in [7, 11) is 0. The fourth-order valence-corrected chi connectivity index (χ4v) is 0.669. The van der Waals surface area contributed by atoms with Crippen molar-refractivity contribution >= 4 is 0 Å². The minimum absolute atomic E-state index is 0.518. The van der Waals surface area contributed by atoms with Gasteiger partial charge in [0.05, 0.1) is 0 Å². The molecule has 0 aromatic carbocycles. The number of aryl methyl sites for hydroxylation is 1. The number of rotatable bonds is 2. The molecule has 1 aromatic rings. The van der Waals surface area contributed by atoms with Crippen LogP contribution < -0.4 is 5.73 Å². The molecule has 3 nitrogen and oxygen atoms in total. The summed E-state index contributed by atoms with van der Waals surface area (Å²) in [5.41, 5.74) is 6.34. The standard InChI is InChI=1S/C7H11N3/c1-2-7-9-4-6(3-8)5-10-7/h4-5H,2-3,8H2,1H3. The van der Waals surface area contributed by atoms with Gasteiger partial charge in [-0.25, -0.2) is 9.97 Å². The molecular weight excluding hydrogens is 126 g/mol. The Morgan fingerprint density at radius 3 is 2.40 bits per heavy atom. The molecule has 0 aliphatic carbocycles. The van der Waals surface area contributed by atoms with E-state index < -0.39 is 0 Å². The highest BCUT2D eigenvalue weighted by Gasteiger charge is 1.91. The Bertz CT molecular complexity index is 170. The predicted octanol–water partition coefficient (Wildman–Crippen LogP) is 0.498. The second kappa shape index (κ2) is 3.27. The van der Waals surface area contributed by atoms with Crippen LogP contribution in [0.5, 0.6) is 0 Å². The van der Waals surface area contributed by atoms with Gasteiger partial charge >= 0.3 is 0 Å². The molecule has 0 spiro atoms. The average molecular weight is 137 g/mol. The van der Waals surface area contributed by atoms with Crippen LogP contribution in [0.1, 0.15) is 18.3 Å². The molecular formula is C7H11N3. The Balaban J connectivity index is 2.80. The summed E-state index contributed by atoms with van der Waals surface area (Å²) < 4.78 is 0. The lowest BCUT2D eigenvalue weighted by Gasteiger charge is -1.95. The van der Waals surface area contributed by atoms with Crippen molar-refractivity contribution in [1.29, 1.82) is 0 Å². The van der Waals surface area contributed by atoms with Crippen molar-refractivity contribution in [1.82, 2.24) is 9.97 Å². The van der Waals surface area contributed by atoms with Crippen molar-refractivity contribution in [3.63, 3.8) is 0 Å². The SMILES string of the molecule is CCc1ncc(CN)cn1. The molecule has 1 aromatic heterocycles. The molecule has 0 aliphatic heterocycles. The maximum atomic E-state index is 5.36. The Morgan fingerprint density at radius 2 is 2.00 bits per heavy atom. The van der Waals surface area contributed by atoms with Crippen LogP contribution in [-0.4, -0.2) is 9.97 Å². The van der Waals surface area contributed by atoms with Gasteiger partial charge < -0.3 is 5.73 Å². The van der Waals surface area contributed by atoms with Gasteiger partial charge in [-0.3, -0.25) is 0 Å². The Labute approximate surface area is 60.3 Å². The minimum atomic E-state index is 0.518. The van der Waals surface area contributed by atoms with Crippen LogP contribution in [0.25, 0.3) is 0 Å². The van der Waals surface area contributed by atoms with Crippen LogP contribution in [-0.2, 0) is 13.0 Å². The second-order valence-electron chi connectivity index (χ2n) is 2.07. The summed E-state index contributed by atoms with van der Waals surface area (Å²) in [4.78, 5) is 8.15. The highest BCUT2D eigenvalue weighted by Crippen LogP contribution is 1.94. The van der Waals surface area contributed by atoms with Gasteiger partial charge in [-0.05, 0) is 0 Å².